The van der Waals surface area contributed by atoms with Crippen molar-refractivity contribution in [1.82, 2.24) is 0 Å². The third kappa shape index (κ3) is 10.5. The van der Waals surface area contributed by atoms with E-state index in [1.54, 1.807) is 0 Å². The number of hydrogen-bond acceptors (Lipinski definition) is 3. The molecule has 462 valence electrons. The van der Waals surface area contributed by atoms with Crippen LogP contribution in [0.4, 0.5) is 0 Å². The molecule has 0 radical (unpaired) electrons. The molecule has 15 aromatic rings. The van der Waals surface area contributed by atoms with Crippen molar-refractivity contribution in [2.24, 2.45) is 21.1 Å². The van der Waals surface area contributed by atoms with Crippen molar-refractivity contribution in [3.05, 3.63) is 214 Å². The van der Waals surface area contributed by atoms with Crippen LogP contribution in [-0.2, 0) is 21.1 Å². The fourth-order valence-electron chi connectivity index (χ4n) is 14.5. The molecule has 15 rings (SSSR count). The van der Waals surface area contributed by atoms with Crippen molar-refractivity contribution >= 4 is 138 Å². The molecule has 0 N–H and O–H groups in total. The van der Waals surface area contributed by atoms with E-state index in [-0.39, 0.29) is 0 Å². The number of rotatable bonds is 6. The Labute approximate surface area is 545 Å². The SMILES string of the molecule is Cc1cc2c(oc3ccccc32)c(-c2cc(C)c3c([Si](C)(C)C)cccc3[n+]2C)c1C.Cc1ccc2c(oc3ccccc32)c1-c1cc(C)c2c([Si](C)(C)C)cccc2[n+]1C.Cc1ccc2oc3c(-c4ccc5cc([Si](C)(C)C)ccc5[n+]4C)c(C)c(C)cc3c2c1. The van der Waals surface area contributed by atoms with Crippen LogP contribution in [0.15, 0.2) is 183 Å². The molecule has 6 aromatic heterocycles. The summed E-state index contributed by atoms with van der Waals surface area (Å²) in [6, 6.07) is 61.9. The predicted molar refractivity (Wildman–Crippen MR) is 400 cm³/mol. The normalized spacial score (nSPS) is 12.3. The van der Waals surface area contributed by atoms with Crippen LogP contribution < -0.4 is 29.3 Å². The first-order valence-electron chi connectivity index (χ1n) is 32.7. The summed E-state index contributed by atoms with van der Waals surface area (Å²) in [7, 11) is 2.29. The first-order chi connectivity index (χ1) is 43.6. The molecule has 0 saturated carbocycles. The number of para-hydroxylation sites is 2. The monoisotopic (exact) mass is 1260 g/mol. The van der Waals surface area contributed by atoms with Gasteiger partial charge >= 0.3 is 0 Å². The van der Waals surface area contributed by atoms with Crippen LogP contribution >= 0.6 is 0 Å². The number of furan rings is 3. The molecule has 0 saturated heterocycles. The van der Waals surface area contributed by atoms with Gasteiger partial charge in [-0.2, -0.15) is 13.7 Å². The molecule has 0 atom stereocenters. The van der Waals surface area contributed by atoms with Gasteiger partial charge in [-0.05, 0) is 153 Å². The highest BCUT2D eigenvalue weighted by molar-refractivity contribution is 6.91. The lowest BCUT2D eigenvalue weighted by Gasteiger charge is -2.20. The summed E-state index contributed by atoms with van der Waals surface area (Å²) in [6.07, 6.45) is 0. The quantitative estimate of drug-likeness (QED) is 0.123. The molecule has 6 heterocycles. The molecule has 0 spiro atoms. The highest BCUT2D eigenvalue weighted by Gasteiger charge is 2.31. The van der Waals surface area contributed by atoms with E-state index in [4.69, 9.17) is 13.3 Å². The minimum atomic E-state index is -1.47. The smallest absolute Gasteiger partial charge is 0.217 e. The lowest BCUT2D eigenvalue weighted by atomic mass is 9.95. The second-order valence-electron chi connectivity index (χ2n) is 29.3. The van der Waals surface area contributed by atoms with Crippen LogP contribution in [0.5, 0.6) is 0 Å². The zero-order chi connectivity index (χ0) is 65.4. The van der Waals surface area contributed by atoms with E-state index in [1.165, 1.54) is 159 Å². The third-order valence-electron chi connectivity index (χ3n) is 19.8. The van der Waals surface area contributed by atoms with Crippen LogP contribution in [0, 0.1) is 55.4 Å². The van der Waals surface area contributed by atoms with E-state index >= 15 is 0 Å². The van der Waals surface area contributed by atoms with Crippen molar-refractivity contribution in [2.45, 2.75) is 114 Å². The van der Waals surface area contributed by atoms with Crippen molar-refractivity contribution in [1.29, 1.82) is 0 Å². The van der Waals surface area contributed by atoms with Gasteiger partial charge in [-0.15, -0.1) is 0 Å². The van der Waals surface area contributed by atoms with Crippen LogP contribution in [-0.4, -0.2) is 24.2 Å². The molecule has 0 fully saturated rings. The lowest BCUT2D eigenvalue weighted by Crippen LogP contribution is -2.41. The fraction of sp³-hybridized carbons (Fsp3) is 0.241. The van der Waals surface area contributed by atoms with Crippen LogP contribution in [0.3, 0.4) is 0 Å². The Morgan fingerprint density at radius 1 is 0.304 bits per heavy atom. The Morgan fingerprint density at radius 2 is 0.772 bits per heavy atom. The molecule has 0 aliphatic rings. The second kappa shape index (κ2) is 22.8. The van der Waals surface area contributed by atoms with E-state index < -0.39 is 24.2 Å². The Morgan fingerprint density at radius 3 is 1.30 bits per heavy atom. The van der Waals surface area contributed by atoms with Crippen LogP contribution in [0.1, 0.15) is 44.5 Å². The average molecular weight is 1260 g/mol. The summed E-state index contributed by atoms with van der Waals surface area (Å²) in [5.74, 6) is 0. The van der Waals surface area contributed by atoms with E-state index in [0.717, 1.165) is 33.5 Å². The minimum absolute atomic E-state index is 0.945. The molecule has 0 aliphatic heterocycles. The standard InChI is InChI=1S/2C28H30NOSi.C27H28NOSi/c1-17-8-13-26-22(14-17)23-15-18(2)19(3)27(28(23)30-26)25-11-9-20-16-21(31(5,6)7)10-12-24(20)29(25)4;1-17-15-21-20-11-8-9-13-24(20)30-28(21)27(19(17)3)23-16-18(2)26-22(29(23)4)12-10-14-25(26)31(5,6)7;1-17-14-15-20-19-10-7-8-12-23(19)29-27(20)26(17)22-16-18(2)25-21(28(22)3)11-9-13-24(25)30(4,5)6/h2*8-16H,1-7H3;7-16H,1-6H3/q3*+1. The Kier molecular flexibility index (Phi) is 15.4. The predicted octanol–water partition coefficient (Wildman–Crippen LogP) is 19.8. The van der Waals surface area contributed by atoms with Crippen molar-refractivity contribution < 1.29 is 27.0 Å². The minimum Gasteiger partial charge on any atom is -0.455 e. The highest BCUT2D eigenvalue weighted by atomic mass is 28.3. The van der Waals surface area contributed by atoms with E-state index in [1.807, 2.05) is 12.1 Å². The van der Waals surface area contributed by atoms with Crippen molar-refractivity contribution in [2.75, 3.05) is 0 Å². The maximum absolute atomic E-state index is 6.45. The van der Waals surface area contributed by atoms with Crippen molar-refractivity contribution in [3.63, 3.8) is 0 Å². The summed E-state index contributed by atoms with van der Waals surface area (Å²) in [4.78, 5) is 0. The van der Waals surface area contributed by atoms with E-state index in [0.29, 0.717) is 0 Å². The molecule has 0 unspecified atom stereocenters. The summed E-state index contributed by atoms with van der Waals surface area (Å²) < 4.78 is 26.3. The second-order valence-corrected chi connectivity index (χ2v) is 44.5. The van der Waals surface area contributed by atoms with Gasteiger partial charge < -0.3 is 13.3 Å². The summed E-state index contributed by atoms with van der Waals surface area (Å²) in [5.41, 5.74) is 27.1. The largest absolute Gasteiger partial charge is 0.455 e. The zero-order valence-electron chi connectivity index (χ0n) is 57.7. The van der Waals surface area contributed by atoms with Gasteiger partial charge in [0.2, 0.25) is 33.6 Å². The Bertz CT molecular complexity index is 5550. The molecule has 92 heavy (non-hydrogen) atoms. The molecule has 0 aliphatic carbocycles. The molecular weight excluding hydrogens is 1170 g/mol. The number of benzene rings is 9. The number of aromatic nitrogens is 3. The van der Waals surface area contributed by atoms with E-state index in [9.17, 15) is 0 Å². The van der Waals surface area contributed by atoms with Crippen LogP contribution in [0.2, 0.25) is 58.9 Å². The molecule has 0 amide bonds. The summed E-state index contributed by atoms with van der Waals surface area (Å²) in [5, 5.41) is 15.8. The van der Waals surface area contributed by atoms with Crippen LogP contribution in [0.25, 0.3) is 132 Å². The first-order valence-corrected chi connectivity index (χ1v) is 43.2. The van der Waals surface area contributed by atoms with Gasteiger partial charge in [0.25, 0.3) is 0 Å². The molecule has 0 bridgehead atoms. The maximum Gasteiger partial charge on any atom is 0.217 e. The number of fused-ring (bicyclic) bond motifs is 12. The van der Waals surface area contributed by atoms with Gasteiger partial charge in [-0.3, -0.25) is 0 Å². The van der Waals surface area contributed by atoms with E-state index in [2.05, 4.69) is 307 Å². The Hall–Kier alpha value is -8.74. The van der Waals surface area contributed by atoms with Crippen molar-refractivity contribution in [3.8, 4) is 33.8 Å². The number of aryl methyl sites for hydroxylation is 9. The molecule has 6 nitrogen and oxygen atoms in total. The maximum atomic E-state index is 6.45. The third-order valence-corrected chi connectivity index (χ3v) is 25.9. The topological polar surface area (TPSA) is 51.1 Å². The number of pyridine rings is 3. The average Bonchev–Trinajstić information content (AvgIpc) is 1.37. The van der Waals surface area contributed by atoms with Gasteiger partial charge in [0.05, 0.1) is 40.9 Å². The van der Waals surface area contributed by atoms with Gasteiger partial charge in [0, 0.05) is 84.9 Å². The summed E-state index contributed by atoms with van der Waals surface area (Å²) >= 11 is 0. The van der Waals surface area contributed by atoms with Gasteiger partial charge in [0.15, 0.2) is 0 Å². The Balaban J connectivity index is 0.000000126. The summed E-state index contributed by atoms with van der Waals surface area (Å²) in [6.45, 7) is 39.4. The van der Waals surface area contributed by atoms with Gasteiger partial charge in [-0.25, -0.2) is 0 Å². The zero-order valence-corrected chi connectivity index (χ0v) is 60.7. The molecule has 9 heteroatoms. The highest BCUT2D eigenvalue weighted by Crippen LogP contribution is 2.42. The fourth-order valence-corrected chi connectivity index (χ4v) is 19.0. The number of nitrogens with zero attached hydrogens (tertiary/aromatic N) is 3. The first kappa shape index (κ1) is 62.1. The lowest BCUT2D eigenvalue weighted by molar-refractivity contribution is -0.633. The number of hydrogen-bond donors (Lipinski definition) is 0. The van der Waals surface area contributed by atoms with Gasteiger partial charge in [-0.1, -0.05) is 155 Å². The molecule has 9 aromatic carbocycles. The van der Waals surface area contributed by atoms with Gasteiger partial charge in [0.1, 0.15) is 54.6 Å². The molecular formula is C83H88N3O3Si3+3.